The summed E-state index contributed by atoms with van der Waals surface area (Å²) in [6.45, 7) is 13.4. The van der Waals surface area contributed by atoms with Crippen molar-refractivity contribution < 1.29 is 29.3 Å². The average Bonchev–Trinajstić information content (AvgIpc) is 3.27. The summed E-state index contributed by atoms with van der Waals surface area (Å²) in [4.78, 5) is 23.3. The van der Waals surface area contributed by atoms with Gasteiger partial charge in [0.05, 0.1) is 39.0 Å². The second-order valence-corrected chi connectivity index (χ2v) is 15.1. The molecule has 0 spiro atoms. The fourth-order valence-electron chi connectivity index (χ4n) is 9.96. The number of ether oxygens (including phenoxy) is 2. The average molecular weight is 590 g/mol. The molecule has 7 nitrogen and oxygen atoms in total. The van der Waals surface area contributed by atoms with Gasteiger partial charge in [-0.25, -0.2) is 0 Å². The van der Waals surface area contributed by atoms with Crippen LogP contribution in [0.2, 0.25) is 0 Å². The van der Waals surface area contributed by atoms with Crippen molar-refractivity contribution in [3.05, 3.63) is 11.6 Å². The van der Waals surface area contributed by atoms with Crippen molar-refractivity contribution in [2.24, 2.45) is 46.3 Å². The lowest BCUT2D eigenvalue weighted by molar-refractivity contribution is -0.142. The SMILES string of the molecule is CC(C)CCC[C@@H](C)[C@H]1CCC2C3CC=C4C[C@@H](OCCOCCN(CC(=O)O)CC(=O)O)CC[C@]4(C)C3CC[C@@]21C. The van der Waals surface area contributed by atoms with Gasteiger partial charge in [0, 0.05) is 6.54 Å². The van der Waals surface area contributed by atoms with E-state index in [4.69, 9.17) is 19.7 Å². The molecular weight excluding hydrogens is 530 g/mol. The van der Waals surface area contributed by atoms with Crippen LogP contribution in [-0.4, -0.2) is 72.6 Å². The predicted molar refractivity (Wildman–Crippen MR) is 165 cm³/mol. The lowest BCUT2D eigenvalue weighted by Crippen LogP contribution is -2.51. The van der Waals surface area contributed by atoms with Gasteiger partial charge in [-0.2, -0.15) is 0 Å². The third-order valence-electron chi connectivity index (χ3n) is 12.1. The van der Waals surface area contributed by atoms with Gasteiger partial charge in [0.2, 0.25) is 0 Å². The smallest absolute Gasteiger partial charge is 0.317 e. The Hall–Kier alpha value is -1.44. The van der Waals surface area contributed by atoms with Crippen molar-refractivity contribution in [3.8, 4) is 0 Å². The van der Waals surface area contributed by atoms with E-state index >= 15 is 0 Å². The third-order valence-corrected chi connectivity index (χ3v) is 12.1. The van der Waals surface area contributed by atoms with E-state index in [2.05, 4.69) is 40.7 Å². The molecule has 0 aromatic heterocycles. The number of carbonyl (C=O) groups is 2. The standard InChI is InChI=1S/C35H59NO6/c1-24(2)7-6-8-25(3)29-11-12-30-28-10-9-26-21-27(13-15-34(26,4)31(28)14-16-35(29,30)5)42-20-19-41-18-17-36(22-32(37)38)23-33(39)40/h9,24-25,27-31H,6-8,10-23H2,1-5H3,(H,37,38)(H,39,40)/t25-,27+,28?,29-,30?,31?,34+,35-/m1/s1. The van der Waals surface area contributed by atoms with Gasteiger partial charge < -0.3 is 19.7 Å². The molecule has 4 aliphatic carbocycles. The fourth-order valence-corrected chi connectivity index (χ4v) is 9.96. The summed E-state index contributed by atoms with van der Waals surface area (Å²) in [5.74, 6) is 3.04. The van der Waals surface area contributed by atoms with Crippen LogP contribution in [0.25, 0.3) is 0 Å². The molecule has 0 aliphatic heterocycles. The maximum atomic E-state index is 11.0. The Morgan fingerprint density at radius 1 is 0.952 bits per heavy atom. The van der Waals surface area contributed by atoms with Crippen molar-refractivity contribution in [3.63, 3.8) is 0 Å². The zero-order chi connectivity index (χ0) is 30.5. The lowest BCUT2D eigenvalue weighted by Gasteiger charge is -2.58. The molecule has 0 saturated heterocycles. The third kappa shape index (κ3) is 7.79. The molecule has 0 amide bonds. The maximum absolute atomic E-state index is 11.0. The van der Waals surface area contributed by atoms with Crippen molar-refractivity contribution >= 4 is 11.9 Å². The molecule has 0 bridgehead atoms. The highest BCUT2D eigenvalue weighted by molar-refractivity contribution is 5.72. The Balaban J connectivity index is 1.24. The molecule has 0 aromatic carbocycles. The van der Waals surface area contributed by atoms with Gasteiger partial charge in [-0.15, -0.1) is 0 Å². The highest BCUT2D eigenvalue weighted by atomic mass is 16.5. The molecule has 4 rings (SSSR count). The summed E-state index contributed by atoms with van der Waals surface area (Å²) in [6.07, 6.45) is 17.3. The number of carboxylic acid groups (broad SMARTS) is 2. The van der Waals surface area contributed by atoms with E-state index in [1.165, 1.54) is 62.7 Å². The zero-order valence-corrected chi connectivity index (χ0v) is 27.1. The van der Waals surface area contributed by atoms with Crippen LogP contribution < -0.4 is 0 Å². The number of carboxylic acids is 2. The summed E-state index contributed by atoms with van der Waals surface area (Å²) in [5, 5.41) is 17.9. The highest BCUT2D eigenvalue weighted by Gasteiger charge is 2.59. The van der Waals surface area contributed by atoms with Gasteiger partial charge in [-0.1, -0.05) is 65.5 Å². The highest BCUT2D eigenvalue weighted by Crippen LogP contribution is 2.67. The number of hydrogen-bond acceptors (Lipinski definition) is 5. The maximum Gasteiger partial charge on any atom is 0.317 e. The van der Waals surface area contributed by atoms with Crippen LogP contribution in [-0.2, 0) is 19.1 Å². The molecule has 3 unspecified atom stereocenters. The molecular formula is C35H59NO6. The summed E-state index contributed by atoms with van der Waals surface area (Å²) in [6, 6.07) is 0. The molecule has 0 radical (unpaired) electrons. The van der Waals surface area contributed by atoms with Crippen molar-refractivity contribution in [2.75, 3.05) is 39.5 Å². The van der Waals surface area contributed by atoms with E-state index in [9.17, 15) is 9.59 Å². The van der Waals surface area contributed by atoms with Crippen LogP contribution in [0.15, 0.2) is 11.6 Å². The van der Waals surface area contributed by atoms with Crippen LogP contribution in [0, 0.1) is 46.3 Å². The monoisotopic (exact) mass is 589 g/mol. The van der Waals surface area contributed by atoms with Crippen LogP contribution in [0.5, 0.6) is 0 Å². The molecule has 2 N–H and O–H groups in total. The van der Waals surface area contributed by atoms with Crippen LogP contribution in [0.4, 0.5) is 0 Å². The first-order valence-corrected chi connectivity index (χ1v) is 17.0. The van der Waals surface area contributed by atoms with Gasteiger partial charge in [-0.3, -0.25) is 14.5 Å². The summed E-state index contributed by atoms with van der Waals surface area (Å²) in [5.41, 5.74) is 2.48. The van der Waals surface area contributed by atoms with Crippen molar-refractivity contribution in [1.29, 1.82) is 0 Å². The van der Waals surface area contributed by atoms with E-state index in [0.717, 1.165) is 48.3 Å². The van der Waals surface area contributed by atoms with Crippen LogP contribution in [0.3, 0.4) is 0 Å². The normalized spacial score (nSPS) is 34.9. The number of aliphatic carboxylic acids is 2. The summed E-state index contributed by atoms with van der Waals surface area (Å²) >= 11 is 0. The van der Waals surface area contributed by atoms with E-state index in [1.54, 1.807) is 5.57 Å². The summed E-state index contributed by atoms with van der Waals surface area (Å²) in [7, 11) is 0. The van der Waals surface area contributed by atoms with Gasteiger partial charge in [0.15, 0.2) is 0 Å². The Labute approximate surface area is 254 Å². The molecule has 7 heteroatoms. The molecule has 3 fully saturated rings. The summed E-state index contributed by atoms with van der Waals surface area (Å²) < 4.78 is 11.9. The molecule has 0 heterocycles. The lowest BCUT2D eigenvalue weighted by atomic mass is 9.47. The fraction of sp³-hybridized carbons (Fsp3) is 0.886. The zero-order valence-electron chi connectivity index (χ0n) is 27.1. The first-order valence-electron chi connectivity index (χ1n) is 17.0. The Morgan fingerprint density at radius 3 is 2.38 bits per heavy atom. The number of hydrogen-bond donors (Lipinski definition) is 2. The van der Waals surface area contributed by atoms with Gasteiger partial charge in [-0.05, 0) is 97.7 Å². The Kier molecular flexibility index (Phi) is 11.6. The molecule has 42 heavy (non-hydrogen) atoms. The number of rotatable bonds is 16. The molecule has 3 saturated carbocycles. The second-order valence-electron chi connectivity index (χ2n) is 15.1. The minimum atomic E-state index is -1.04. The quantitative estimate of drug-likeness (QED) is 0.149. The molecule has 240 valence electrons. The van der Waals surface area contributed by atoms with Gasteiger partial charge >= 0.3 is 11.9 Å². The van der Waals surface area contributed by atoms with Gasteiger partial charge in [0.25, 0.3) is 0 Å². The number of nitrogens with zero attached hydrogens (tertiary/aromatic N) is 1. The Morgan fingerprint density at radius 2 is 1.69 bits per heavy atom. The number of allylic oxidation sites excluding steroid dienone is 1. The molecule has 0 aromatic rings. The minimum Gasteiger partial charge on any atom is -0.480 e. The van der Waals surface area contributed by atoms with E-state index in [-0.39, 0.29) is 25.7 Å². The first kappa shape index (κ1) is 33.5. The molecule has 4 aliphatic rings. The van der Waals surface area contributed by atoms with Gasteiger partial charge in [0.1, 0.15) is 0 Å². The van der Waals surface area contributed by atoms with Crippen molar-refractivity contribution in [2.45, 2.75) is 111 Å². The van der Waals surface area contributed by atoms with Crippen LogP contribution >= 0.6 is 0 Å². The van der Waals surface area contributed by atoms with E-state index < -0.39 is 11.9 Å². The largest absolute Gasteiger partial charge is 0.480 e. The van der Waals surface area contributed by atoms with E-state index in [0.29, 0.717) is 30.7 Å². The second kappa shape index (κ2) is 14.6. The van der Waals surface area contributed by atoms with E-state index in [1.807, 2.05) is 0 Å². The number of fused-ring (bicyclic) bond motifs is 5. The van der Waals surface area contributed by atoms with Crippen LogP contribution in [0.1, 0.15) is 105 Å². The van der Waals surface area contributed by atoms with Crippen molar-refractivity contribution in [1.82, 2.24) is 4.90 Å². The topological polar surface area (TPSA) is 96.3 Å². The predicted octanol–water partition coefficient (Wildman–Crippen LogP) is 6.90. The molecule has 8 atom stereocenters. The Bertz CT molecular complexity index is 934. The first-order chi connectivity index (χ1) is 19.9. The minimum absolute atomic E-state index is 0.233.